The Morgan fingerprint density at radius 1 is 0.957 bits per heavy atom. The van der Waals surface area contributed by atoms with E-state index in [0.29, 0.717) is 22.8 Å². The summed E-state index contributed by atoms with van der Waals surface area (Å²) in [6.45, 7) is 0. The lowest BCUT2D eigenvalue weighted by molar-refractivity contribution is 0.104. The quantitative estimate of drug-likeness (QED) is 0.554. The zero-order valence-electron chi connectivity index (χ0n) is 13.1. The van der Waals surface area contributed by atoms with E-state index in [1.165, 1.54) is 6.08 Å². The highest BCUT2D eigenvalue weighted by Gasteiger charge is 2.08. The summed E-state index contributed by atoms with van der Waals surface area (Å²) in [7, 11) is 4.74. The van der Waals surface area contributed by atoms with E-state index in [1.54, 1.807) is 63.8 Å². The monoisotopic (exact) mass is 376 g/mol. The molecule has 0 N–H and O–H groups in total. The fourth-order valence-corrected chi connectivity index (χ4v) is 2.47. The van der Waals surface area contributed by atoms with Crippen LogP contribution in [0.1, 0.15) is 15.9 Å². The second-order valence-electron chi connectivity index (χ2n) is 4.65. The molecule has 0 radical (unpaired) electrons. The van der Waals surface area contributed by atoms with Crippen LogP contribution >= 0.6 is 15.9 Å². The average Bonchev–Trinajstić information content (AvgIpc) is 2.60. The van der Waals surface area contributed by atoms with E-state index < -0.39 is 0 Å². The lowest BCUT2D eigenvalue weighted by Crippen LogP contribution is -1.95. The summed E-state index contributed by atoms with van der Waals surface area (Å²) in [6, 6.07) is 10.6. The van der Waals surface area contributed by atoms with Gasteiger partial charge in [-0.15, -0.1) is 0 Å². The van der Waals surface area contributed by atoms with Crippen molar-refractivity contribution in [1.82, 2.24) is 0 Å². The molecule has 2 aromatic rings. The van der Waals surface area contributed by atoms with Gasteiger partial charge >= 0.3 is 0 Å². The van der Waals surface area contributed by atoms with Gasteiger partial charge in [-0.2, -0.15) is 0 Å². The zero-order chi connectivity index (χ0) is 16.8. The number of halogens is 1. The largest absolute Gasteiger partial charge is 0.497 e. The first kappa shape index (κ1) is 17.1. The van der Waals surface area contributed by atoms with E-state index in [1.807, 2.05) is 0 Å². The average molecular weight is 377 g/mol. The summed E-state index contributed by atoms with van der Waals surface area (Å²) in [5.41, 5.74) is 1.42. The maximum absolute atomic E-state index is 12.2. The first-order valence-corrected chi connectivity index (χ1v) is 7.66. The molecule has 0 unspecified atom stereocenters. The molecule has 0 saturated carbocycles. The predicted octanol–water partition coefficient (Wildman–Crippen LogP) is 4.37. The van der Waals surface area contributed by atoms with Crippen LogP contribution in [-0.4, -0.2) is 27.1 Å². The van der Waals surface area contributed by atoms with Gasteiger partial charge in [0.25, 0.3) is 0 Å². The molecule has 0 aliphatic rings. The molecule has 23 heavy (non-hydrogen) atoms. The smallest absolute Gasteiger partial charge is 0.185 e. The van der Waals surface area contributed by atoms with Gasteiger partial charge in [0.05, 0.1) is 21.3 Å². The van der Waals surface area contributed by atoms with E-state index in [4.69, 9.17) is 14.2 Å². The molecular formula is C18H17BrO4. The van der Waals surface area contributed by atoms with Crippen molar-refractivity contribution in [2.45, 2.75) is 0 Å². The van der Waals surface area contributed by atoms with Gasteiger partial charge in [-0.3, -0.25) is 4.79 Å². The molecule has 0 aromatic heterocycles. The minimum Gasteiger partial charge on any atom is -0.497 e. The Morgan fingerprint density at radius 2 is 1.57 bits per heavy atom. The van der Waals surface area contributed by atoms with Crippen molar-refractivity contribution in [2.75, 3.05) is 21.3 Å². The van der Waals surface area contributed by atoms with Gasteiger partial charge in [0.15, 0.2) is 17.3 Å². The van der Waals surface area contributed by atoms with Crippen LogP contribution in [0.4, 0.5) is 0 Å². The molecule has 0 amide bonds. The maximum atomic E-state index is 12.2. The first-order valence-electron chi connectivity index (χ1n) is 6.87. The SMILES string of the molecule is COc1ccc(C(=O)/C=C/c2cc(OC)c(OC)cc2Br)cc1. The fourth-order valence-electron chi connectivity index (χ4n) is 2.01. The van der Waals surface area contributed by atoms with Gasteiger partial charge in [-0.05, 0) is 54.1 Å². The maximum Gasteiger partial charge on any atom is 0.185 e. The normalized spacial score (nSPS) is 10.6. The standard InChI is InChI=1S/C18H17BrO4/c1-21-14-7-4-12(5-8-14)16(20)9-6-13-10-17(22-2)18(23-3)11-15(13)19/h4-11H,1-3H3/b9-6+. The third-order valence-electron chi connectivity index (χ3n) is 3.29. The van der Waals surface area contributed by atoms with Crippen molar-refractivity contribution in [1.29, 1.82) is 0 Å². The van der Waals surface area contributed by atoms with Crippen molar-refractivity contribution >= 4 is 27.8 Å². The Balaban J connectivity index is 2.23. The second kappa shape index (κ2) is 7.83. The number of hydrogen-bond acceptors (Lipinski definition) is 4. The topological polar surface area (TPSA) is 44.8 Å². The summed E-state index contributed by atoms with van der Waals surface area (Å²) in [5.74, 6) is 1.85. The van der Waals surface area contributed by atoms with Gasteiger partial charge in [-0.1, -0.05) is 15.9 Å². The first-order chi connectivity index (χ1) is 11.1. The summed E-state index contributed by atoms with van der Waals surface area (Å²) in [6.07, 6.45) is 3.26. The molecule has 2 rings (SSSR count). The molecule has 0 heterocycles. The minimum atomic E-state index is -0.0886. The number of carbonyl (C=O) groups excluding carboxylic acids is 1. The highest BCUT2D eigenvalue weighted by atomic mass is 79.9. The summed E-state index contributed by atoms with van der Waals surface area (Å²) in [4.78, 5) is 12.2. The van der Waals surface area contributed by atoms with Crippen LogP contribution in [0.15, 0.2) is 46.9 Å². The molecule has 0 bridgehead atoms. The van der Waals surface area contributed by atoms with Crippen LogP contribution in [0, 0.1) is 0 Å². The third kappa shape index (κ3) is 4.13. The van der Waals surface area contributed by atoms with Crippen LogP contribution in [0.2, 0.25) is 0 Å². The Kier molecular flexibility index (Phi) is 5.82. The number of benzene rings is 2. The lowest BCUT2D eigenvalue weighted by atomic mass is 10.1. The second-order valence-corrected chi connectivity index (χ2v) is 5.51. The predicted molar refractivity (Wildman–Crippen MR) is 93.6 cm³/mol. The highest BCUT2D eigenvalue weighted by Crippen LogP contribution is 2.33. The number of methoxy groups -OCH3 is 3. The van der Waals surface area contributed by atoms with Crippen LogP contribution in [0.25, 0.3) is 6.08 Å². The fraction of sp³-hybridized carbons (Fsp3) is 0.167. The Morgan fingerprint density at radius 3 is 2.13 bits per heavy atom. The number of ketones is 1. The molecule has 120 valence electrons. The van der Waals surface area contributed by atoms with E-state index in [9.17, 15) is 4.79 Å². The van der Waals surface area contributed by atoms with Crippen LogP contribution in [0.3, 0.4) is 0 Å². The van der Waals surface area contributed by atoms with Gasteiger partial charge in [0, 0.05) is 10.0 Å². The molecule has 4 nitrogen and oxygen atoms in total. The lowest BCUT2D eigenvalue weighted by Gasteiger charge is -2.09. The number of carbonyl (C=O) groups is 1. The number of ether oxygens (including phenoxy) is 3. The summed E-state index contributed by atoms with van der Waals surface area (Å²) < 4.78 is 16.4. The molecule has 0 aliphatic heterocycles. The van der Waals surface area contributed by atoms with Crippen molar-refractivity contribution in [2.24, 2.45) is 0 Å². The van der Waals surface area contributed by atoms with E-state index in [2.05, 4.69) is 15.9 Å². The van der Waals surface area contributed by atoms with Crippen LogP contribution < -0.4 is 14.2 Å². The number of allylic oxidation sites excluding steroid dienone is 1. The van der Waals surface area contributed by atoms with Gasteiger partial charge in [0.2, 0.25) is 0 Å². The molecular weight excluding hydrogens is 360 g/mol. The van der Waals surface area contributed by atoms with Gasteiger partial charge in [-0.25, -0.2) is 0 Å². The molecule has 0 spiro atoms. The molecule has 2 aromatic carbocycles. The molecule has 0 fully saturated rings. The molecule has 0 saturated heterocycles. The summed E-state index contributed by atoms with van der Waals surface area (Å²) >= 11 is 3.46. The van der Waals surface area contributed by atoms with Crippen molar-refractivity contribution < 1.29 is 19.0 Å². The van der Waals surface area contributed by atoms with Crippen LogP contribution in [0.5, 0.6) is 17.2 Å². The number of rotatable bonds is 6. The molecule has 0 atom stereocenters. The number of hydrogen-bond donors (Lipinski definition) is 0. The van der Waals surface area contributed by atoms with E-state index >= 15 is 0 Å². The van der Waals surface area contributed by atoms with E-state index in [-0.39, 0.29) is 5.78 Å². The molecule has 5 heteroatoms. The van der Waals surface area contributed by atoms with Crippen LogP contribution in [-0.2, 0) is 0 Å². The molecule has 0 aliphatic carbocycles. The Labute approximate surface area is 143 Å². The van der Waals surface area contributed by atoms with Crippen molar-refractivity contribution in [3.8, 4) is 17.2 Å². The highest BCUT2D eigenvalue weighted by molar-refractivity contribution is 9.10. The van der Waals surface area contributed by atoms with Gasteiger partial charge in [0.1, 0.15) is 5.75 Å². The van der Waals surface area contributed by atoms with Crippen molar-refractivity contribution in [3.63, 3.8) is 0 Å². The third-order valence-corrected chi connectivity index (χ3v) is 3.98. The summed E-state index contributed by atoms with van der Waals surface area (Å²) in [5, 5.41) is 0. The van der Waals surface area contributed by atoms with E-state index in [0.717, 1.165) is 10.0 Å². The van der Waals surface area contributed by atoms with Crippen molar-refractivity contribution in [3.05, 3.63) is 58.1 Å². The Hall–Kier alpha value is -2.27. The Bertz CT molecular complexity index is 721. The minimum absolute atomic E-state index is 0.0886. The zero-order valence-corrected chi connectivity index (χ0v) is 14.7. The van der Waals surface area contributed by atoms with Gasteiger partial charge < -0.3 is 14.2 Å².